The summed E-state index contributed by atoms with van der Waals surface area (Å²) in [6.45, 7) is 0.710. The standard InChI is InChI=1S/C9H12N2O2/c1-13-9(12)7-2-3-8-4-10-6-11(8)5-7/h4,6-7H,2-3,5H2,1H3/t7-/m0/s1. The van der Waals surface area contributed by atoms with Crippen LogP contribution in [0.1, 0.15) is 12.1 Å². The highest BCUT2D eigenvalue weighted by molar-refractivity contribution is 5.72. The molecule has 1 aliphatic heterocycles. The number of carbonyl (C=O) groups is 1. The van der Waals surface area contributed by atoms with Crippen LogP contribution in [0, 0.1) is 5.92 Å². The number of hydrogen-bond donors (Lipinski definition) is 0. The molecule has 0 spiro atoms. The third kappa shape index (κ3) is 1.43. The Kier molecular flexibility index (Phi) is 2.04. The van der Waals surface area contributed by atoms with Crippen LogP contribution in [0.5, 0.6) is 0 Å². The van der Waals surface area contributed by atoms with Crippen LogP contribution in [0.3, 0.4) is 0 Å². The molecule has 0 saturated carbocycles. The van der Waals surface area contributed by atoms with Crippen molar-refractivity contribution in [2.45, 2.75) is 19.4 Å². The number of hydrogen-bond acceptors (Lipinski definition) is 3. The Hall–Kier alpha value is -1.32. The summed E-state index contributed by atoms with van der Waals surface area (Å²) in [5.41, 5.74) is 1.21. The third-order valence-electron chi connectivity index (χ3n) is 2.50. The first-order valence-corrected chi connectivity index (χ1v) is 4.38. The molecule has 4 nitrogen and oxygen atoms in total. The smallest absolute Gasteiger partial charge is 0.310 e. The van der Waals surface area contributed by atoms with Crippen LogP contribution >= 0.6 is 0 Å². The predicted molar refractivity (Wildman–Crippen MR) is 46.1 cm³/mol. The molecule has 0 radical (unpaired) electrons. The molecule has 2 heterocycles. The molecule has 1 aromatic heterocycles. The number of imidazole rings is 1. The number of carbonyl (C=O) groups excluding carboxylic acids is 1. The van der Waals surface area contributed by atoms with Gasteiger partial charge in [0.25, 0.3) is 0 Å². The molecule has 1 aromatic rings. The molecule has 0 bridgehead atoms. The fourth-order valence-electron chi connectivity index (χ4n) is 1.73. The SMILES string of the molecule is COC(=O)[C@H]1CCc2cncn2C1. The highest BCUT2D eigenvalue weighted by Gasteiger charge is 2.24. The molecule has 1 aliphatic rings. The molecule has 0 saturated heterocycles. The van der Waals surface area contributed by atoms with E-state index in [0.29, 0.717) is 6.54 Å². The largest absolute Gasteiger partial charge is 0.469 e. The average molecular weight is 180 g/mol. The van der Waals surface area contributed by atoms with Crippen LogP contribution in [0.15, 0.2) is 12.5 Å². The Bertz CT molecular complexity index is 319. The van der Waals surface area contributed by atoms with Crippen LogP contribution in [-0.2, 0) is 22.5 Å². The second-order valence-corrected chi connectivity index (χ2v) is 3.30. The van der Waals surface area contributed by atoms with E-state index < -0.39 is 0 Å². The lowest BCUT2D eigenvalue weighted by molar-refractivity contribution is -0.146. The van der Waals surface area contributed by atoms with Gasteiger partial charge in [-0.2, -0.15) is 0 Å². The lowest BCUT2D eigenvalue weighted by Gasteiger charge is -2.21. The summed E-state index contributed by atoms with van der Waals surface area (Å²) in [4.78, 5) is 15.3. The number of aryl methyl sites for hydroxylation is 1. The molecule has 0 N–H and O–H groups in total. The van der Waals surface area contributed by atoms with Crippen molar-refractivity contribution in [3.05, 3.63) is 18.2 Å². The number of rotatable bonds is 1. The zero-order valence-corrected chi connectivity index (χ0v) is 7.56. The molecular weight excluding hydrogens is 168 g/mol. The summed E-state index contributed by atoms with van der Waals surface area (Å²) in [7, 11) is 1.44. The van der Waals surface area contributed by atoms with Crippen molar-refractivity contribution in [1.82, 2.24) is 9.55 Å². The molecule has 0 aromatic carbocycles. The zero-order valence-electron chi connectivity index (χ0n) is 7.56. The molecule has 0 unspecified atom stereocenters. The fourth-order valence-corrected chi connectivity index (χ4v) is 1.73. The van der Waals surface area contributed by atoms with Crippen LogP contribution in [0.25, 0.3) is 0 Å². The maximum Gasteiger partial charge on any atom is 0.310 e. The topological polar surface area (TPSA) is 44.1 Å². The van der Waals surface area contributed by atoms with Gasteiger partial charge >= 0.3 is 5.97 Å². The van der Waals surface area contributed by atoms with E-state index in [1.165, 1.54) is 12.8 Å². The van der Waals surface area contributed by atoms with Crippen molar-refractivity contribution < 1.29 is 9.53 Å². The van der Waals surface area contributed by atoms with Gasteiger partial charge < -0.3 is 9.30 Å². The third-order valence-corrected chi connectivity index (χ3v) is 2.50. The Morgan fingerprint density at radius 1 is 1.77 bits per heavy atom. The summed E-state index contributed by atoms with van der Waals surface area (Å²) < 4.78 is 6.73. The van der Waals surface area contributed by atoms with E-state index in [2.05, 4.69) is 4.98 Å². The molecular formula is C9H12N2O2. The summed E-state index contributed by atoms with van der Waals surface area (Å²) in [6, 6.07) is 0. The summed E-state index contributed by atoms with van der Waals surface area (Å²) in [5, 5.41) is 0. The first-order chi connectivity index (χ1) is 6.31. The van der Waals surface area contributed by atoms with Gasteiger partial charge in [-0.25, -0.2) is 4.98 Å². The van der Waals surface area contributed by atoms with Gasteiger partial charge in [-0.3, -0.25) is 4.79 Å². The van der Waals surface area contributed by atoms with E-state index in [1.54, 1.807) is 6.33 Å². The van der Waals surface area contributed by atoms with Crippen molar-refractivity contribution in [2.75, 3.05) is 7.11 Å². The highest BCUT2D eigenvalue weighted by atomic mass is 16.5. The first-order valence-electron chi connectivity index (χ1n) is 4.38. The Balaban J connectivity index is 2.13. The van der Waals surface area contributed by atoms with Crippen molar-refractivity contribution >= 4 is 5.97 Å². The Labute approximate surface area is 76.5 Å². The number of fused-ring (bicyclic) bond motifs is 1. The Morgan fingerprint density at radius 2 is 2.62 bits per heavy atom. The van der Waals surface area contributed by atoms with E-state index in [9.17, 15) is 4.79 Å². The van der Waals surface area contributed by atoms with E-state index >= 15 is 0 Å². The molecule has 70 valence electrons. The van der Waals surface area contributed by atoms with E-state index in [0.717, 1.165) is 12.8 Å². The maximum atomic E-state index is 11.2. The normalized spacial score (nSPS) is 20.8. The molecule has 0 amide bonds. The molecule has 0 fully saturated rings. The highest BCUT2D eigenvalue weighted by Crippen LogP contribution is 2.20. The van der Waals surface area contributed by atoms with Gasteiger partial charge in [-0.1, -0.05) is 0 Å². The minimum atomic E-state index is -0.112. The van der Waals surface area contributed by atoms with E-state index in [-0.39, 0.29) is 11.9 Å². The van der Waals surface area contributed by atoms with Crippen LogP contribution in [-0.4, -0.2) is 22.6 Å². The first kappa shape index (κ1) is 8.29. The van der Waals surface area contributed by atoms with Gasteiger partial charge in [0.15, 0.2) is 0 Å². The van der Waals surface area contributed by atoms with Gasteiger partial charge in [0.1, 0.15) is 0 Å². The monoisotopic (exact) mass is 180 g/mol. The minimum Gasteiger partial charge on any atom is -0.469 e. The average Bonchev–Trinajstić information content (AvgIpc) is 2.63. The van der Waals surface area contributed by atoms with Crippen molar-refractivity contribution in [2.24, 2.45) is 5.92 Å². The molecule has 1 atom stereocenters. The van der Waals surface area contributed by atoms with Crippen molar-refractivity contribution in [3.8, 4) is 0 Å². The van der Waals surface area contributed by atoms with Gasteiger partial charge in [0.2, 0.25) is 0 Å². The molecule has 0 aliphatic carbocycles. The molecule has 4 heteroatoms. The predicted octanol–water partition coefficient (Wildman–Crippen LogP) is 0.618. The van der Waals surface area contributed by atoms with Crippen LogP contribution in [0.4, 0.5) is 0 Å². The molecule has 2 rings (SSSR count). The van der Waals surface area contributed by atoms with E-state index in [4.69, 9.17) is 4.74 Å². The number of methoxy groups -OCH3 is 1. The maximum absolute atomic E-state index is 11.2. The minimum absolute atomic E-state index is 0.00620. The van der Waals surface area contributed by atoms with Gasteiger partial charge in [0.05, 0.1) is 19.4 Å². The molecule has 13 heavy (non-hydrogen) atoms. The van der Waals surface area contributed by atoms with Crippen LogP contribution in [0.2, 0.25) is 0 Å². The lowest BCUT2D eigenvalue weighted by Crippen LogP contribution is -2.27. The quantitative estimate of drug-likeness (QED) is 0.595. The second-order valence-electron chi connectivity index (χ2n) is 3.30. The number of esters is 1. The van der Waals surface area contributed by atoms with Gasteiger partial charge in [-0.15, -0.1) is 0 Å². The van der Waals surface area contributed by atoms with Gasteiger partial charge in [0, 0.05) is 18.4 Å². The zero-order chi connectivity index (χ0) is 9.26. The summed E-state index contributed by atoms with van der Waals surface area (Å²) in [5.74, 6) is -0.106. The van der Waals surface area contributed by atoms with Gasteiger partial charge in [-0.05, 0) is 12.8 Å². The fraction of sp³-hybridized carbons (Fsp3) is 0.556. The number of ether oxygens (including phenoxy) is 1. The summed E-state index contributed by atoms with van der Waals surface area (Å²) >= 11 is 0. The Morgan fingerprint density at radius 3 is 3.38 bits per heavy atom. The summed E-state index contributed by atoms with van der Waals surface area (Å²) in [6.07, 6.45) is 5.41. The lowest BCUT2D eigenvalue weighted by atomic mass is 9.98. The van der Waals surface area contributed by atoms with Crippen molar-refractivity contribution in [1.29, 1.82) is 0 Å². The second kappa shape index (κ2) is 3.20. The number of aromatic nitrogens is 2. The van der Waals surface area contributed by atoms with Crippen molar-refractivity contribution in [3.63, 3.8) is 0 Å². The van der Waals surface area contributed by atoms with Crippen LogP contribution < -0.4 is 0 Å². The van der Waals surface area contributed by atoms with E-state index in [1.807, 2.05) is 10.8 Å². The number of nitrogens with zero attached hydrogens (tertiary/aromatic N) is 2.